The monoisotopic (exact) mass is 274 g/mol. The molecule has 2 rings (SSSR count). The van der Waals surface area contributed by atoms with E-state index in [4.69, 9.17) is 0 Å². The van der Waals surface area contributed by atoms with Crippen molar-refractivity contribution in [2.24, 2.45) is 5.92 Å². The summed E-state index contributed by atoms with van der Waals surface area (Å²) in [5.74, 6) is 0.809. The largest absolute Gasteiger partial charge is 0.311 e. The highest BCUT2D eigenvalue weighted by Gasteiger charge is 2.26. The van der Waals surface area contributed by atoms with Crippen LogP contribution in [-0.4, -0.2) is 36.6 Å². The summed E-state index contributed by atoms with van der Waals surface area (Å²) < 4.78 is 0. The first-order valence-corrected chi connectivity index (χ1v) is 8.20. The molecule has 1 aromatic carbocycles. The maximum Gasteiger partial charge on any atom is 0.0261 e. The van der Waals surface area contributed by atoms with E-state index >= 15 is 0 Å². The molecule has 3 unspecified atom stereocenters. The summed E-state index contributed by atoms with van der Waals surface area (Å²) in [5.41, 5.74) is 1.46. The third-order valence-electron chi connectivity index (χ3n) is 4.37. The van der Waals surface area contributed by atoms with Crippen LogP contribution in [-0.2, 0) is 6.42 Å². The molecule has 0 bridgehead atoms. The van der Waals surface area contributed by atoms with Gasteiger partial charge in [0, 0.05) is 31.7 Å². The summed E-state index contributed by atoms with van der Waals surface area (Å²) in [6.45, 7) is 10.5. The van der Waals surface area contributed by atoms with Gasteiger partial charge in [0.05, 0.1) is 0 Å². The van der Waals surface area contributed by atoms with Gasteiger partial charge >= 0.3 is 0 Å². The van der Waals surface area contributed by atoms with E-state index < -0.39 is 0 Å². The second-order valence-corrected chi connectivity index (χ2v) is 6.50. The Balaban J connectivity index is 1.96. The van der Waals surface area contributed by atoms with Crippen molar-refractivity contribution in [3.8, 4) is 0 Å². The molecule has 2 heteroatoms. The maximum absolute atomic E-state index is 3.65. The molecule has 0 radical (unpaired) electrons. The second kappa shape index (κ2) is 7.80. The average Bonchev–Trinajstić information content (AvgIpc) is 2.43. The van der Waals surface area contributed by atoms with Crippen LogP contribution < -0.4 is 5.32 Å². The Kier molecular flexibility index (Phi) is 6.06. The highest BCUT2D eigenvalue weighted by Crippen LogP contribution is 2.17. The number of nitrogens with one attached hydrogen (secondary N) is 1. The highest BCUT2D eigenvalue weighted by atomic mass is 15.2. The predicted octanol–water partition coefficient (Wildman–Crippen LogP) is 3.33. The fourth-order valence-electron chi connectivity index (χ4n) is 3.33. The first kappa shape index (κ1) is 15.5. The van der Waals surface area contributed by atoms with Gasteiger partial charge in [-0.25, -0.2) is 0 Å². The van der Waals surface area contributed by atoms with Gasteiger partial charge in [-0.3, -0.25) is 4.90 Å². The minimum absolute atomic E-state index is 0.621. The molecule has 1 aliphatic rings. The lowest BCUT2D eigenvalue weighted by atomic mass is 9.98. The van der Waals surface area contributed by atoms with E-state index in [-0.39, 0.29) is 0 Å². The minimum Gasteiger partial charge on any atom is -0.311 e. The lowest BCUT2D eigenvalue weighted by Crippen LogP contribution is -2.57. The van der Waals surface area contributed by atoms with Crippen LogP contribution in [0.2, 0.25) is 0 Å². The molecule has 3 atom stereocenters. The molecule has 1 aliphatic heterocycles. The van der Waals surface area contributed by atoms with E-state index in [1.165, 1.54) is 37.9 Å². The van der Waals surface area contributed by atoms with Crippen molar-refractivity contribution in [3.05, 3.63) is 35.9 Å². The van der Waals surface area contributed by atoms with Crippen LogP contribution in [0, 0.1) is 5.92 Å². The molecule has 1 saturated heterocycles. The molecular weight excluding hydrogens is 244 g/mol. The smallest absolute Gasteiger partial charge is 0.0261 e. The zero-order chi connectivity index (χ0) is 14.4. The van der Waals surface area contributed by atoms with Gasteiger partial charge in [0.25, 0.3) is 0 Å². The first-order chi connectivity index (χ1) is 9.69. The molecule has 0 aromatic heterocycles. The van der Waals surface area contributed by atoms with Crippen molar-refractivity contribution in [2.45, 2.75) is 52.1 Å². The molecule has 0 aliphatic carbocycles. The molecule has 1 heterocycles. The van der Waals surface area contributed by atoms with Crippen molar-refractivity contribution >= 4 is 0 Å². The lowest BCUT2D eigenvalue weighted by molar-refractivity contribution is 0.115. The average molecular weight is 274 g/mol. The third kappa shape index (κ3) is 4.60. The van der Waals surface area contributed by atoms with Gasteiger partial charge in [0.15, 0.2) is 0 Å². The Bertz CT molecular complexity index is 376. The quantitative estimate of drug-likeness (QED) is 0.856. The van der Waals surface area contributed by atoms with Gasteiger partial charge in [0.1, 0.15) is 0 Å². The Morgan fingerprint density at radius 3 is 2.75 bits per heavy atom. The van der Waals surface area contributed by atoms with Gasteiger partial charge < -0.3 is 5.32 Å². The van der Waals surface area contributed by atoms with Crippen LogP contribution in [0.3, 0.4) is 0 Å². The van der Waals surface area contributed by atoms with Crippen LogP contribution >= 0.6 is 0 Å². The topological polar surface area (TPSA) is 15.3 Å². The van der Waals surface area contributed by atoms with Crippen LogP contribution in [0.25, 0.3) is 0 Å². The SMILES string of the molecule is CCCC(C)CN1CC(C)NCC1Cc1ccccc1. The van der Waals surface area contributed by atoms with E-state index in [0.717, 1.165) is 12.5 Å². The summed E-state index contributed by atoms with van der Waals surface area (Å²) in [4.78, 5) is 2.72. The van der Waals surface area contributed by atoms with Crippen molar-refractivity contribution in [1.82, 2.24) is 10.2 Å². The van der Waals surface area contributed by atoms with Crippen LogP contribution in [0.1, 0.15) is 39.2 Å². The Morgan fingerprint density at radius 1 is 1.30 bits per heavy atom. The third-order valence-corrected chi connectivity index (χ3v) is 4.37. The molecule has 112 valence electrons. The van der Waals surface area contributed by atoms with E-state index in [9.17, 15) is 0 Å². The maximum atomic E-state index is 3.65. The number of nitrogens with zero attached hydrogens (tertiary/aromatic N) is 1. The zero-order valence-corrected chi connectivity index (χ0v) is 13.3. The molecule has 20 heavy (non-hydrogen) atoms. The summed E-state index contributed by atoms with van der Waals surface area (Å²) in [5, 5.41) is 3.65. The fourth-order valence-corrected chi connectivity index (χ4v) is 3.33. The highest BCUT2D eigenvalue weighted by molar-refractivity contribution is 5.16. The number of benzene rings is 1. The van der Waals surface area contributed by atoms with Crippen LogP contribution in [0.15, 0.2) is 30.3 Å². The molecule has 0 saturated carbocycles. The van der Waals surface area contributed by atoms with E-state index in [1.54, 1.807) is 0 Å². The lowest BCUT2D eigenvalue weighted by Gasteiger charge is -2.41. The first-order valence-electron chi connectivity index (χ1n) is 8.20. The van der Waals surface area contributed by atoms with E-state index in [2.05, 4.69) is 61.3 Å². The van der Waals surface area contributed by atoms with Crippen molar-refractivity contribution in [3.63, 3.8) is 0 Å². The van der Waals surface area contributed by atoms with E-state index in [0.29, 0.717) is 12.1 Å². The number of hydrogen-bond acceptors (Lipinski definition) is 2. The predicted molar refractivity (Wildman–Crippen MR) is 87.0 cm³/mol. The molecule has 1 fully saturated rings. The van der Waals surface area contributed by atoms with Crippen molar-refractivity contribution in [1.29, 1.82) is 0 Å². The summed E-state index contributed by atoms with van der Waals surface area (Å²) in [6, 6.07) is 12.2. The van der Waals surface area contributed by atoms with Gasteiger partial charge in [-0.05, 0) is 31.2 Å². The molecule has 1 N–H and O–H groups in total. The Morgan fingerprint density at radius 2 is 2.05 bits per heavy atom. The molecule has 0 amide bonds. The van der Waals surface area contributed by atoms with Crippen LogP contribution in [0.5, 0.6) is 0 Å². The second-order valence-electron chi connectivity index (χ2n) is 6.50. The number of piperazine rings is 1. The minimum atomic E-state index is 0.621. The number of hydrogen-bond donors (Lipinski definition) is 1. The van der Waals surface area contributed by atoms with Crippen LogP contribution in [0.4, 0.5) is 0 Å². The van der Waals surface area contributed by atoms with Gasteiger partial charge in [-0.2, -0.15) is 0 Å². The Hall–Kier alpha value is -0.860. The normalized spacial score (nSPS) is 25.6. The fraction of sp³-hybridized carbons (Fsp3) is 0.667. The number of rotatable bonds is 6. The molecular formula is C18H30N2. The van der Waals surface area contributed by atoms with Crippen molar-refractivity contribution < 1.29 is 0 Å². The summed E-state index contributed by atoms with van der Waals surface area (Å²) >= 11 is 0. The molecule has 2 nitrogen and oxygen atoms in total. The summed E-state index contributed by atoms with van der Waals surface area (Å²) in [7, 11) is 0. The molecule has 0 spiro atoms. The van der Waals surface area contributed by atoms with E-state index in [1.807, 2.05) is 0 Å². The van der Waals surface area contributed by atoms with Gasteiger partial charge in [-0.15, -0.1) is 0 Å². The Labute approximate surface area is 124 Å². The van der Waals surface area contributed by atoms with Crippen molar-refractivity contribution in [2.75, 3.05) is 19.6 Å². The standard InChI is InChI=1S/C18H30N2/c1-4-8-15(2)13-20-14-16(3)19-12-18(20)11-17-9-6-5-7-10-17/h5-7,9-10,15-16,18-19H,4,8,11-14H2,1-3H3. The zero-order valence-electron chi connectivity index (χ0n) is 13.3. The molecule has 1 aromatic rings. The van der Waals surface area contributed by atoms with Gasteiger partial charge in [0.2, 0.25) is 0 Å². The summed E-state index contributed by atoms with van der Waals surface area (Å²) in [6.07, 6.45) is 3.81. The van der Waals surface area contributed by atoms with Gasteiger partial charge in [-0.1, -0.05) is 50.6 Å².